The lowest BCUT2D eigenvalue weighted by molar-refractivity contribution is 0.0467. The lowest BCUT2D eigenvalue weighted by Crippen LogP contribution is -2.11. The Morgan fingerprint density at radius 1 is 1.17 bits per heavy atom. The van der Waals surface area contributed by atoms with Gasteiger partial charge in [-0.25, -0.2) is 9.18 Å². The predicted molar refractivity (Wildman–Crippen MR) is 67.3 cm³/mol. The highest BCUT2D eigenvalue weighted by atomic mass is 19.1. The fourth-order valence-electron chi connectivity index (χ4n) is 1.50. The van der Waals surface area contributed by atoms with Gasteiger partial charge in [-0.05, 0) is 17.7 Å². The van der Waals surface area contributed by atoms with Crippen LogP contribution in [0.2, 0.25) is 0 Å². The molecular weight excluding hydrogens is 230 g/mol. The van der Waals surface area contributed by atoms with E-state index >= 15 is 0 Å². The summed E-state index contributed by atoms with van der Waals surface area (Å²) in [5, 5.41) is 0. The lowest BCUT2D eigenvalue weighted by atomic mass is 9.95. The number of hydrogen-bond acceptors (Lipinski definition) is 2. The van der Waals surface area contributed by atoms with Crippen molar-refractivity contribution in [2.24, 2.45) is 0 Å². The Bertz CT molecular complexity index is 555. The first-order valence-corrected chi connectivity index (χ1v) is 5.43. The topological polar surface area (TPSA) is 26.3 Å². The molecule has 0 aliphatic heterocycles. The highest BCUT2D eigenvalue weighted by Crippen LogP contribution is 2.09. The van der Waals surface area contributed by atoms with E-state index in [4.69, 9.17) is 12.6 Å². The Morgan fingerprint density at radius 2 is 1.89 bits per heavy atom. The fourth-order valence-corrected chi connectivity index (χ4v) is 1.50. The Labute approximate surface area is 106 Å². The average Bonchev–Trinajstić information content (AvgIpc) is 2.37. The molecule has 0 aliphatic rings. The standard InChI is InChI=1S/C14H10BFO2/c15-11-6-7-12(13(16)8-11)14(17)18-9-10-4-2-1-3-5-10/h1-8H,9H2. The van der Waals surface area contributed by atoms with E-state index in [-0.39, 0.29) is 17.6 Å². The van der Waals surface area contributed by atoms with E-state index in [1.165, 1.54) is 12.1 Å². The third-order valence-electron chi connectivity index (χ3n) is 2.43. The highest BCUT2D eigenvalue weighted by molar-refractivity contribution is 6.32. The summed E-state index contributed by atoms with van der Waals surface area (Å²) in [7, 11) is 5.40. The van der Waals surface area contributed by atoms with Crippen LogP contribution in [0, 0.1) is 5.82 Å². The second-order valence-corrected chi connectivity index (χ2v) is 3.80. The number of carbonyl (C=O) groups excluding carboxylic acids is 1. The number of rotatable bonds is 3. The van der Waals surface area contributed by atoms with Gasteiger partial charge in [0.15, 0.2) is 0 Å². The van der Waals surface area contributed by atoms with Crippen LogP contribution in [-0.4, -0.2) is 13.8 Å². The highest BCUT2D eigenvalue weighted by Gasteiger charge is 2.12. The molecule has 0 amide bonds. The van der Waals surface area contributed by atoms with Gasteiger partial charge in [0.2, 0.25) is 0 Å². The first kappa shape index (κ1) is 12.4. The van der Waals surface area contributed by atoms with E-state index < -0.39 is 11.8 Å². The van der Waals surface area contributed by atoms with E-state index in [1.807, 2.05) is 30.3 Å². The van der Waals surface area contributed by atoms with Crippen molar-refractivity contribution in [1.29, 1.82) is 0 Å². The number of halogens is 1. The maximum absolute atomic E-state index is 13.4. The number of hydrogen-bond donors (Lipinski definition) is 0. The van der Waals surface area contributed by atoms with Crippen LogP contribution in [0.5, 0.6) is 0 Å². The summed E-state index contributed by atoms with van der Waals surface area (Å²) in [4.78, 5) is 11.6. The molecule has 2 nitrogen and oxygen atoms in total. The Kier molecular flexibility index (Phi) is 3.77. The molecule has 2 rings (SSSR count). The Balaban J connectivity index is 2.04. The lowest BCUT2D eigenvalue weighted by Gasteiger charge is -2.06. The van der Waals surface area contributed by atoms with Crippen LogP contribution in [0.15, 0.2) is 48.5 Å². The van der Waals surface area contributed by atoms with Gasteiger partial charge < -0.3 is 4.74 Å². The maximum Gasteiger partial charge on any atom is 0.341 e. The molecule has 18 heavy (non-hydrogen) atoms. The second kappa shape index (κ2) is 5.49. The third kappa shape index (κ3) is 2.97. The monoisotopic (exact) mass is 240 g/mol. The summed E-state index contributed by atoms with van der Waals surface area (Å²) in [6.45, 7) is 0.115. The van der Waals surface area contributed by atoms with Crippen LogP contribution in [0.1, 0.15) is 15.9 Å². The van der Waals surface area contributed by atoms with E-state index in [0.717, 1.165) is 11.6 Å². The van der Waals surface area contributed by atoms with Crippen molar-refractivity contribution in [3.05, 3.63) is 65.5 Å². The molecule has 0 unspecified atom stereocenters. The first-order valence-electron chi connectivity index (χ1n) is 5.43. The quantitative estimate of drug-likeness (QED) is 0.605. The molecule has 4 heteroatoms. The zero-order valence-electron chi connectivity index (χ0n) is 9.60. The minimum absolute atomic E-state index is 0.111. The SMILES string of the molecule is [B]c1ccc(C(=O)OCc2ccccc2)c(F)c1. The maximum atomic E-state index is 13.4. The van der Waals surface area contributed by atoms with Gasteiger partial charge in [0.1, 0.15) is 20.3 Å². The second-order valence-electron chi connectivity index (χ2n) is 3.80. The zero-order chi connectivity index (χ0) is 13.0. The van der Waals surface area contributed by atoms with Gasteiger partial charge in [-0.2, -0.15) is 0 Å². The summed E-state index contributed by atoms with van der Waals surface area (Å²) in [5.41, 5.74) is 1.01. The molecule has 88 valence electrons. The number of esters is 1. The molecule has 0 fully saturated rings. The summed E-state index contributed by atoms with van der Waals surface area (Å²) in [5.74, 6) is -1.37. The van der Waals surface area contributed by atoms with Crippen LogP contribution in [0.25, 0.3) is 0 Å². The summed E-state index contributed by atoms with van der Waals surface area (Å²) < 4.78 is 18.5. The van der Waals surface area contributed by atoms with Crippen LogP contribution in [-0.2, 0) is 11.3 Å². The molecule has 0 saturated carbocycles. The summed E-state index contributed by atoms with van der Waals surface area (Å²) in [6.07, 6.45) is 0. The van der Waals surface area contributed by atoms with Crippen LogP contribution >= 0.6 is 0 Å². The molecule has 0 spiro atoms. The van der Waals surface area contributed by atoms with E-state index in [2.05, 4.69) is 0 Å². The normalized spacial score (nSPS) is 10.1. The molecular formula is C14H10BFO2. The summed E-state index contributed by atoms with van der Waals surface area (Å²) in [6, 6.07) is 13.1. The average molecular weight is 240 g/mol. The zero-order valence-corrected chi connectivity index (χ0v) is 9.60. The molecule has 0 N–H and O–H groups in total. The number of benzene rings is 2. The van der Waals surface area contributed by atoms with Gasteiger partial charge >= 0.3 is 5.97 Å². The fraction of sp³-hybridized carbons (Fsp3) is 0.0714. The van der Waals surface area contributed by atoms with Gasteiger partial charge in [-0.1, -0.05) is 41.9 Å². The number of carbonyl (C=O) groups is 1. The Morgan fingerprint density at radius 3 is 2.56 bits per heavy atom. The molecule has 0 heterocycles. The molecule has 2 aromatic carbocycles. The van der Waals surface area contributed by atoms with Crippen molar-refractivity contribution >= 4 is 19.3 Å². The largest absolute Gasteiger partial charge is 0.457 e. The van der Waals surface area contributed by atoms with Gasteiger partial charge in [-0.3, -0.25) is 0 Å². The predicted octanol–water partition coefficient (Wildman–Crippen LogP) is 1.98. The third-order valence-corrected chi connectivity index (χ3v) is 2.43. The summed E-state index contributed by atoms with van der Waals surface area (Å²) >= 11 is 0. The van der Waals surface area contributed by atoms with E-state index in [1.54, 1.807) is 0 Å². The van der Waals surface area contributed by atoms with Gasteiger partial charge in [0.05, 0.1) is 5.56 Å². The molecule has 2 radical (unpaired) electrons. The van der Waals surface area contributed by atoms with Crippen LogP contribution in [0.4, 0.5) is 4.39 Å². The number of ether oxygens (including phenoxy) is 1. The molecule has 0 bridgehead atoms. The smallest absolute Gasteiger partial charge is 0.341 e. The van der Waals surface area contributed by atoms with Crippen molar-refractivity contribution in [2.75, 3.05) is 0 Å². The van der Waals surface area contributed by atoms with Crippen molar-refractivity contribution in [1.82, 2.24) is 0 Å². The molecule has 0 aromatic heterocycles. The van der Waals surface area contributed by atoms with Crippen molar-refractivity contribution in [3.63, 3.8) is 0 Å². The minimum Gasteiger partial charge on any atom is -0.457 e. The van der Waals surface area contributed by atoms with E-state index in [9.17, 15) is 9.18 Å². The van der Waals surface area contributed by atoms with Crippen molar-refractivity contribution in [2.45, 2.75) is 6.61 Å². The van der Waals surface area contributed by atoms with Gasteiger partial charge in [0, 0.05) is 0 Å². The Hall–Kier alpha value is -2.10. The molecule has 0 aliphatic carbocycles. The van der Waals surface area contributed by atoms with Crippen molar-refractivity contribution in [3.8, 4) is 0 Å². The van der Waals surface area contributed by atoms with Gasteiger partial charge in [-0.15, -0.1) is 0 Å². The van der Waals surface area contributed by atoms with Gasteiger partial charge in [0.25, 0.3) is 0 Å². The van der Waals surface area contributed by atoms with Crippen LogP contribution in [0.3, 0.4) is 0 Å². The van der Waals surface area contributed by atoms with E-state index in [0.29, 0.717) is 0 Å². The molecule has 0 atom stereocenters. The molecule has 0 saturated heterocycles. The minimum atomic E-state index is -0.698. The molecule has 2 aromatic rings. The first-order chi connectivity index (χ1) is 8.66. The van der Waals surface area contributed by atoms with Crippen LogP contribution < -0.4 is 5.46 Å². The van der Waals surface area contributed by atoms with Crippen molar-refractivity contribution < 1.29 is 13.9 Å².